The van der Waals surface area contributed by atoms with E-state index in [9.17, 15) is 14.7 Å². The van der Waals surface area contributed by atoms with Crippen molar-refractivity contribution in [2.24, 2.45) is 7.05 Å². The number of imidazole rings is 1. The van der Waals surface area contributed by atoms with Gasteiger partial charge >= 0.3 is 0 Å². The van der Waals surface area contributed by atoms with Crippen LogP contribution in [0.5, 0.6) is 0 Å². The zero-order chi connectivity index (χ0) is 21.8. The Morgan fingerprint density at radius 2 is 1.65 bits per heavy atom. The molecule has 1 aliphatic carbocycles. The van der Waals surface area contributed by atoms with Crippen LogP contribution < -0.4 is 0 Å². The quantitative estimate of drug-likeness (QED) is 0.682. The summed E-state index contributed by atoms with van der Waals surface area (Å²) in [4.78, 5) is 33.0. The lowest BCUT2D eigenvalue weighted by Crippen LogP contribution is -2.53. The maximum absolute atomic E-state index is 13.0. The number of aromatic nitrogens is 2. The van der Waals surface area contributed by atoms with Gasteiger partial charge in [0.25, 0.3) is 11.8 Å². The third-order valence-corrected chi connectivity index (χ3v) is 6.55. The monoisotopic (exact) mass is 438 g/mol. The average Bonchev–Trinajstić information content (AvgIpc) is 3.44. The van der Waals surface area contributed by atoms with E-state index in [2.05, 4.69) is 11.1 Å². The molecule has 2 aromatic carbocycles. The SMILES string of the molecule is Cn1cnc2ccc(-c3ccc(C(=O)N4CCN(C(=O)C5(O)CC5)CC4)c(Cl)c3)cc21. The summed E-state index contributed by atoms with van der Waals surface area (Å²) >= 11 is 6.51. The molecule has 31 heavy (non-hydrogen) atoms. The first kappa shape index (κ1) is 20.0. The molecular weight excluding hydrogens is 416 g/mol. The normalized spacial score (nSPS) is 17.8. The predicted molar refractivity (Wildman–Crippen MR) is 118 cm³/mol. The minimum atomic E-state index is -1.16. The van der Waals surface area contributed by atoms with Crippen LogP contribution in [-0.2, 0) is 11.8 Å². The fraction of sp³-hybridized carbons (Fsp3) is 0.348. The Labute approximate surface area is 184 Å². The largest absolute Gasteiger partial charge is 0.380 e. The number of nitrogens with zero attached hydrogens (tertiary/aromatic N) is 4. The van der Waals surface area contributed by atoms with Gasteiger partial charge in [-0.1, -0.05) is 23.7 Å². The van der Waals surface area contributed by atoms with Crippen molar-refractivity contribution in [1.82, 2.24) is 19.4 Å². The molecule has 1 aliphatic heterocycles. The second kappa shape index (κ2) is 7.35. The van der Waals surface area contributed by atoms with Gasteiger partial charge in [0.05, 0.1) is 27.9 Å². The number of carbonyl (C=O) groups is 2. The minimum absolute atomic E-state index is 0.143. The summed E-state index contributed by atoms with van der Waals surface area (Å²) in [6.07, 6.45) is 2.84. The van der Waals surface area contributed by atoms with Crippen molar-refractivity contribution in [2.45, 2.75) is 18.4 Å². The van der Waals surface area contributed by atoms with Crippen LogP contribution in [0.1, 0.15) is 23.2 Å². The molecule has 0 radical (unpaired) electrons. The first-order valence-electron chi connectivity index (χ1n) is 10.4. The van der Waals surface area contributed by atoms with Crippen LogP contribution in [0, 0.1) is 0 Å². The highest BCUT2D eigenvalue weighted by Gasteiger charge is 2.50. The zero-order valence-electron chi connectivity index (χ0n) is 17.2. The Morgan fingerprint density at radius 3 is 2.32 bits per heavy atom. The van der Waals surface area contributed by atoms with Crippen molar-refractivity contribution in [3.05, 3.63) is 53.3 Å². The number of aryl methyl sites for hydroxylation is 1. The molecule has 160 valence electrons. The number of halogens is 1. The number of piperazine rings is 1. The summed E-state index contributed by atoms with van der Waals surface area (Å²) in [6.45, 7) is 1.70. The number of carbonyl (C=O) groups excluding carboxylic acids is 2. The predicted octanol–water partition coefficient (Wildman–Crippen LogP) is 2.70. The van der Waals surface area contributed by atoms with E-state index in [0.717, 1.165) is 22.2 Å². The molecule has 0 spiro atoms. The van der Waals surface area contributed by atoms with E-state index in [1.807, 2.05) is 35.9 Å². The number of fused-ring (bicyclic) bond motifs is 1. The molecule has 3 aromatic rings. The second-order valence-electron chi connectivity index (χ2n) is 8.37. The summed E-state index contributed by atoms with van der Waals surface area (Å²) in [5.41, 5.74) is 3.17. The molecule has 2 fully saturated rings. The highest BCUT2D eigenvalue weighted by atomic mass is 35.5. The highest BCUT2D eigenvalue weighted by Crippen LogP contribution is 2.37. The molecule has 1 saturated carbocycles. The fourth-order valence-corrected chi connectivity index (χ4v) is 4.34. The van der Waals surface area contributed by atoms with Crippen molar-refractivity contribution in [1.29, 1.82) is 0 Å². The number of rotatable bonds is 3. The molecule has 1 saturated heterocycles. The molecular formula is C23H23ClN4O3. The summed E-state index contributed by atoms with van der Waals surface area (Å²) in [7, 11) is 1.95. The summed E-state index contributed by atoms with van der Waals surface area (Å²) in [5.74, 6) is -0.358. The van der Waals surface area contributed by atoms with E-state index in [4.69, 9.17) is 11.6 Å². The van der Waals surface area contributed by atoms with Gasteiger partial charge in [-0.3, -0.25) is 9.59 Å². The van der Waals surface area contributed by atoms with E-state index in [0.29, 0.717) is 49.6 Å². The van der Waals surface area contributed by atoms with Crippen molar-refractivity contribution < 1.29 is 14.7 Å². The lowest BCUT2D eigenvalue weighted by molar-refractivity contribution is -0.143. The van der Waals surface area contributed by atoms with Crippen molar-refractivity contribution in [3.8, 4) is 11.1 Å². The summed E-state index contributed by atoms with van der Waals surface area (Å²) in [5, 5.41) is 10.4. The molecule has 2 amide bonds. The summed E-state index contributed by atoms with van der Waals surface area (Å²) in [6, 6.07) is 11.5. The van der Waals surface area contributed by atoms with Gasteiger partial charge < -0.3 is 19.5 Å². The van der Waals surface area contributed by atoms with Crippen LogP contribution in [-0.4, -0.2) is 68.1 Å². The average molecular weight is 439 g/mol. The molecule has 7 nitrogen and oxygen atoms in total. The molecule has 2 aliphatic rings. The molecule has 2 heterocycles. The Bertz CT molecular complexity index is 1190. The number of amides is 2. The van der Waals surface area contributed by atoms with Gasteiger partial charge in [0, 0.05) is 33.2 Å². The van der Waals surface area contributed by atoms with Crippen LogP contribution in [0.25, 0.3) is 22.2 Å². The van der Waals surface area contributed by atoms with Gasteiger partial charge in [-0.15, -0.1) is 0 Å². The lowest BCUT2D eigenvalue weighted by atomic mass is 10.0. The molecule has 0 bridgehead atoms. The molecule has 8 heteroatoms. The maximum Gasteiger partial charge on any atom is 0.255 e. The van der Waals surface area contributed by atoms with E-state index in [-0.39, 0.29) is 11.8 Å². The zero-order valence-corrected chi connectivity index (χ0v) is 18.0. The van der Waals surface area contributed by atoms with Gasteiger partial charge in [0.15, 0.2) is 0 Å². The number of benzene rings is 2. The molecule has 1 aromatic heterocycles. The van der Waals surface area contributed by atoms with Crippen LogP contribution >= 0.6 is 11.6 Å². The van der Waals surface area contributed by atoms with Crippen LogP contribution in [0.15, 0.2) is 42.7 Å². The molecule has 0 unspecified atom stereocenters. The first-order valence-corrected chi connectivity index (χ1v) is 10.8. The second-order valence-corrected chi connectivity index (χ2v) is 8.78. The third kappa shape index (κ3) is 3.58. The van der Waals surface area contributed by atoms with E-state index < -0.39 is 5.60 Å². The van der Waals surface area contributed by atoms with Gasteiger partial charge in [-0.05, 0) is 48.2 Å². The highest BCUT2D eigenvalue weighted by molar-refractivity contribution is 6.34. The van der Waals surface area contributed by atoms with Crippen molar-refractivity contribution in [2.75, 3.05) is 26.2 Å². The smallest absolute Gasteiger partial charge is 0.255 e. The van der Waals surface area contributed by atoms with Gasteiger partial charge in [-0.2, -0.15) is 0 Å². The Kier molecular flexibility index (Phi) is 4.75. The lowest BCUT2D eigenvalue weighted by Gasteiger charge is -2.36. The van der Waals surface area contributed by atoms with Crippen LogP contribution in [0.4, 0.5) is 0 Å². The Balaban J connectivity index is 1.31. The van der Waals surface area contributed by atoms with Gasteiger partial charge in [0.1, 0.15) is 5.60 Å². The van der Waals surface area contributed by atoms with Crippen LogP contribution in [0.2, 0.25) is 5.02 Å². The molecule has 1 N–H and O–H groups in total. The standard InChI is InChI=1S/C23H23ClN4O3/c1-26-14-25-19-5-3-16(13-20(19)26)15-2-4-17(18(24)12-15)21(29)27-8-10-28(11-9-27)22(30)23(31)6-7-23/h2-5,12-14,31H,6-11H2,1H3. The van der Waals surface area contributed by atoms with E-state index in [1.165, 1.54) is 0 Å². The van der Waals surface area contributed by atoms with Crippen LogP contribution in [0.3, 0.4) is 0 Å². The first-order chi connectivity index (χ1) is 14.9. The topological polar surface area (TPSA) is 78.7 Å². The number of aliphatic hydroxyl groups is 1. The molecule has 5 rings (SSSR count). The van der Waals surface area contributed by atoms with Crippen molar-refractivity contribution in [3.63, 3.8) is 0 Å². The minimum Gasteiger partial charge on any atom is -0.380 e. The molecule has 0 atom stereocenters. The number of hydrogen-bond acceptors (Lipinski definition) is 4. The van der Waals surface area contributed by atoms with Gasteiger partial charge in [-0.25, -0.2) is 4.98 Å². The third-order valence-electron chi connectivity index (χ3n) is 6.23. The van der Waals surface area contributed by atoms with E-state index >= 15 is 0 Å². The van der Waals surface area contributed by atoms with Gasteiger partial charge in [0.2, 0.25) is 0 Å². The maximum atomic E-state index is 13.0. The number of hydrogen-bond donors (Lipinski definition) is 1. The Hall–Kier alpha value is -2.90. The fourth-order valence-electron chi connectivity index (χ4n) is 4.08. The Morgan fingerprint density at radius 1 is 1.00 bits per heavy atom. The van der Waals surface area contributed by atoms with E-state index in [1.54, 1.807) is 22.2 Å². The van der Waals surface area contributed by atoms with Crippen molar-refractivity contribution >= 4 is 34.4 Å². The summed E-state index contributed by atoms with van der Waals surface area (Å²) < 4.78 is 1.96.